The molecule has 0 bridgehead atoms. The van der Waals surface area contributed by atoms with Gasteiger partial charge in [-0.15, -0.1) is 0 Å². The van der Waals surface area contributed by atoms with Crippen molar-refractivity contribution >= 4 is 34.7 Å². The second-order valence-corrected chi connectivity index (χ2v) is 4.76. The smallest absolute Gasteiger partial charge is 0.323 e. The predicted octanol–water partition coefficient (Wildman–Crippen LogP) is 3.47. The van der Waals surface area contributed by atoms with Gasteiger partial charge in [0.15, 0.2) is 0 Å². The third kappa shape index (κ3) is 3.87. The quantitative estimate of drug-likeness (QED) is 0.450. The van der Waals surface area contributed by atoms with E-state index in [9.17, 15) is 20.0 Å². The molecular formula is C14H9ClN4O4. The monoisotopic (exact) mass is 332 g/mol. The Morgan fingerprint density at radius 1 is 1.30 bits per heavy atom. The topological polar surface area (TPSA) is 128 Å². The first kappa shape index (κ1) is 16.1. The van der Waals surface area contributed by atoms with E-state index in [0.29, 0.717) is 11.3 Å². The van der Waals surface area contributed by atoms with E-state index in [-0.39, 0.29) is 10.7 Å². The Balaban J connectivity index is 2.16. The number of nitro benzene ring substituents is 1. The van der Waals surface area contributed by atoms with Crippen molar-refractivity contribution in [3.05, 3.63) is 57.1 Å². The number of phenolic OH excluding ortho intramolecular Hbond substituents is 1. The largest absolute Gasteiger partial charge is 0.506 e. The number of benzene rings is 2. The van der Waals surface area contributed by atoms with Crippen LogP contribution in [0.4, 0.5) is 21.9 Å². The minimum atomic E-state index is -0.751. The Morgan fingerprint density at radius 2 is 2.04 bits per heavy atom. The van der Waals surface area contributed by atoms with Crippen LogP contribution in [0.1, 0.15) is 5.56 Å². The fraction of sp³-hybridized carbons (Fsp3) is 0. The van der Waals surface area contributed by atoms with Gasteiger partial charge in [-0.25, -0.2) is 4.79 Å². The number of halogens is 1. The van der Waals surface area contributed by atoms with Crippen molar-refractivity contribution in [3.63, 3.8) is 0 Å². The standard InChI is InChI=1S/C14H9ClN4O4/c15-10-5-11(13(20)6-12(10)19(22)23)18-14(21)17-9-3-1-2-8(4-9)7-16/h1-6,20H,(H2,17,18,21). The van der Waals surface area contributed by atoms with Gasteiger partial charge in [0.25, 0.3) is 5.69 Å². The second-order valence-electron chi connectivity index (χ2n) is 4.35. The van der Waals surface area contributed by atoms with Crippen molar-refractivity contribution in [3.8, 4) is 11.8 Å². The van der Waals surface area contributed by atoms with Gasteiger partial charge in [0.2, 0.25) is 0 Å². The van der Waals surface area contributed by atoms with Crippen molar-refractivity contribution < 1.29 is 14.8 Å². The summed E-state index contributed by atoms with van der Waals surface area (Å²) in [6.45, 7) is 0. The average Bonchev–Trinajstić information content (AvgIpc) is 2.50. The van der Waals surface area contributed by atoms with E-state index < -0.39 is 22.4 Å². The predicted molar refractivity (Wildman–Crippen MR) is 83.6 cm³/mol. The van der Waals surface area contributed by atoms with Gasteiger partial charge in [-0.1, -0.05) is 17.7 Å². The number of phenols is 1. The molecule has 0 unspecified atom stereocenters. The SMILES string of the molecule is N#Cc1cccc(NC(=O)Nc2cc(Cl)c([N+](=O)[O-])cc2O)c1. The third-order valence-corrected chi connectivity index (χ3v) is 3.06. The molecule has 23 heavy (non-hydrogen) atoms. The zero-order chi connectivity index (χ0) is 17.0. The summed E-state index contributed by atoms with van der Waals surface area (Å²) in [5.41, 5.74) is 0.171. The van der Waals surface area contributed by atoms with E-state index in [1.807, 2.05) is 6.07 Å². The number of carbonyl (C=O) groups is 1. The van der Waals surface area contributed by atoms with Gasteiger partial charge in [-0.05, 0) is 24.3 Å². The molecule has 0 radical (unpaired) electrons. The Labute approximate surface area is 135 Å². The van der Waals surface area contributed by atoms with Gasteiger partial charge in [-0.2, -0.15) is 5.26 Å². The van der Waals surface area contributed by atoms with E-state index in [4.69, 9.17) is 16.9 Å². The van der Waals surface area contributed by atoms with Gasteiger partial charge in [-0.3, -0.25) is 10.1 Å². The summed E-state index contributed by atoms with van der Waals surface area (Å²) >= 11 is 5.72. The van der Waals surface area contributed by atoms with Gasteiger partial charge < -0.3 is 15.7 Å². The third-order valence-electron chi connectivity index (χ3n) is 2.76. The van der Waals surface area contributed by atoms with E-state index in [1.165, 1.54) is 6.07 Å². The van der Waals surface area contributed by atoms with Gasteiger partial charge in [0, 0.05) is 5.69 Å². The van der Waals surface area contributed by atoms with Crippen LogP contribution in [0.3, 0.4) is 0 Å². The number of aromatic hydroxyl groups is 1. The highest BCUT2D eigenvalue weighted by molar-refractivity contribution is 6.33. The second kappa shape index (κ2) is 6.64. The lowest BCUT2D eigenvalue weighted by Crippen LogP contribution is -2.19. The molecule has 2 rings (SSSR count). The summed E-state index contributed by atoms with van der Waals surface area (Å²) in [5.74, 6) is -0.498. The number of nitrogens with zero attached hydrogens (tertiary/aromatic N) is 2. The fourth-order valence-electron chi connectivity index (χ4n) is 1.74. The molecule has 0 fully saturated rings. The Hall–Kier alpha value is -3.31. The molecule has 0 saturated heterocycles. The number of carbonyl (C=O) groups excluding carboxylic acids is 1. The molecule has 2 aromatic carbocycles. The summed E-state index contributed by atoms with van der Waals surface area (Å²) < 4.78 is 0. The first-order valence-electron chi connectivity index (χ1n) is 6.16. The Kier molecular flexibility index (Phi) is 4.64. The number of amides is 2. The number of anilines is 2. The van der Waals surface area contributed by atoms with E-state index in [0.717, 1.165) is 12.1 Å². The average molecular weight is 333 g/mol. The highest BCUT2D eigenvalue weighted by Gasteiger charge is 2.17. The van der Waals surface area contributed by atoms with Crippen LogP contribution in [0.25, 0.3) is 0 Å². The Morgan fingerprint density at radius 3 is 2.70 bits per heavy atom. The van der Waals surface area contributed by atoms with Crippen molar-refractivity contribution in [2.45, 2.75) is 0 Å². The van der Waals surface area contributed by atoms with E-state index >= 15 is 0 Å². The molecule has 0 aliphatic rings. The van der Waals surface area contributed by atoms with Gasteiger partial charge in [0.05, 0.1) is 28.3 Å². The molecule has 8 nitrogen and oxygen atoms in total. The summed E-state index contributed by atoms with van der Waals surface area (Å²) in [4.78, 5) is 21.8. The van der Waals surface area contributed by atoms with Crippen LogP contribution < -0.4 is 10.6 Å². The molecule has 116 valence electrons. The van der Waals surface area contributed by atoms with E-state index in [2.05, 4.69) is 10.6 Å². The first-order chi connectivity index (χ1) is 10.9. The zero-order valence-electron chi connectivity index (χ0n) is 11.4. The highest BCUT2D eigenvalue weighted by atomic mass is 35.5. The molecule has 0 aliphatic heterocycles. The van der Waals surface area contributed by atoms with Crippen molar-refractivity contribution in [1.82, 2.24) is 0 Å². The van der Waals surface area contributed by atoms with Crippen molar-refractivity contribution in [2.75, 3.05) is 10.6 Å². The molecule has 0 spiro atoms. The van der Waals surface area contributed by atoms with Gasteiger partial charge in [0.1, 0.15) is 10.8 Å². The number of nitriles is 1. The fourth-order valence-corrected chi connectivity index (χ4v) is 1.97. The van der Waals surface area contributed by atoms with Crippen LogP contribution in [-0.4, -0.2) is 16.1 Å². The minimum Gasteiger partial charge on any atom is -0.506 e. The van der Waals surface area contributed by atoms with Crippen LogP contribution in [0.5, 0.6) is 5.75 Å². The summed E-state index contributed by atoms with van der Waals surface area (Å²) in [7, 11) is 0. The number of rotatable bonds is 3. The van der Waals surface area contributed by atoms with Crippen LogP contribution in [-0.2, 0) is 0 Å². The number of nitrogens with one attached hydrogen (secondary N) is 2. The van der Waals surface area contributed by atoms with Crippen LogP contribution in [0.2, 0.25) is 5.02 Å². The maximum absolute atomic E-state index is 11.9. The molecule has 0 saturated carbocycles. The molecule has 9 heteroatoms. The maximum atomic E-state index is 11.9. The molecule has 3 N–H and O–H groups in total. The normalized spacial score (nSPS) is 9.74. The lowest BCUT2D eigenvalue weighted by Gasteiger charge is -2.09. The van der Waals surface area contributed by atoms with E-state index in [1.54, 1.807) is 18.2 Å². The maximum Gasteiger partial charge on any atom is 0.323 e. The summed E-state index contributed by atoms with van der Waals surface area (Å²) in [6.07, 6.45) is 0. The zero-order valence-corrected chi connectivity index (χ0v) is 12.2. The lowest BCUT2D eigenvalue weighted by atomic mass is 10.2. The number of urea groups is 1. The molecule has 0 aromatic heterocycles. The number of hydrogen-bond donors (Lipinski definition) is 3. The number of hydrogen-bond acceptors (Lipinski definition) is 5. The van der Waals surface area contributed by atoms with Crippen molar-refractivity contribution in [2.24, 2.45) is 0 Å². The van der Waals surface area contributed by atoms with Crippen LogP contribution >= 0.6 is 11.6 Å². The molecule has 0 heterocycles. The minimum absolute atomic E-state index is 0.0884. The number of nitro groups is 1. The lowest BCUT2D eigenvalue weighted by molar-refractivity contribution is -0.384. The molecule has 0 atom stereocenters. The van der Waals surface area contributed by atoms with Gasteiger partial charge >= 0.3 is 6.03 Å². The molecular weight excluding hydrogens is 324 g/mol. The summed E-state index contributed by atoms with van der Waals surface area (Å²) in [6, 6.07) is 9.33. The van der Waals surface area contributed by atoms with Crippen LogP contribution in [0.15, 0.2) is 36.4 Å². The Bertz CT molecular complexity index is 832. The molecule has 2 amide bonds. The summed E-state index contributed by atoms with van der Waals surface area (Å²) in [5, 5.41) is 33.7. The van der Waals surface area contributed by atoms with Crippen molar-refractivity contribution in [1.29, 1.82) is 5.26 Å². The molecule has 0 aliphatic carbocycles. The highest BCUT2D eigenvalue weighted by Crippen LogP contribution is 2.35. The first-order valence-corrected chi connectivity index (χ1v) is 6.53. The van der Waals surface area contributed by atoms with Crippen LogP contribution in [0, 0.1) is 21.4 Å². The molecule has 2 aromatic rings.